The van der Waals surface area contributed by atoms with E-state index in [4.69, 9.17) is 5.11 Å². The van der Waals surface area contributed by atoms with E-state index in [1.807, 2.05) is 18.5 Å². The Morgan fingerprint density at radius 2 is 1.94 bits per heavy atom. The Morgan fingerprint density at radius 1 is 1.28 bits per heavy atom. The Kier molecular flexibility index (Phi) is 4.02. The molecule has 5 heteroatoms. The van der Waals surface area contributed by atoms with Crippen LogP contribution in [0.15, 0.2) is 18.5 Å². The third-order valence-corrected chi connectivity index (χ3v) is 3.58. The highest BCUT2D eigenvalue weighted by molar-refractivity contribution is 5.79. The summed E-state index contributed by atoms with van der Waals surface area (Å²) in [5.41, 5.74) is 1.04. The first kappa shape index (κ1) is 12.7. The third-order valence-electron chi connectivity index (χ3n) is 3.58. The molecule has 1 saturated carbocycles. The maximum absolute atomic E-state index is 11.9. The number of hydrogen-bond donors (Lipinski definition) is 3. The topological polar surface area (TPSA) is 82.2 Å². The van der Waals surface area contributed by atoms with Gasteiger partial charge < -0.3 is 15.4 Å². The fraction of sp³-hybridized carbons (Fsp3) is 0.538. The van der Waals surface area contributed by atoms with Gasteiger partial charge in [0.25, 0.3) is 0 Å². The summed E-state index contributed by atoms with van der Waals surface area (Å²) in [6, 6.07) is 1.92. The van der Waals surface area contributed by atoms with Crippen molar-refractivity contribution in [2.45, 2.75) is 32.2 Å². The lowest BCUT2D eigenvalue weighted by Crippen LogP contribution is -2.34. The Balaban J connectivity index is 1.75. The predicted molar refractivity (Wildman–Crippen MR) is 65.7 cm³/mol. The first-order chi connectivity index (χ1) is 8.66. The SMILES string of the molecule is O=C(O)C1CCC(C(=O)NCc2cc[nH]c2)CC1. The van der Waals surface area contributed by atoms with Gasteiger partial charge in [0.2, 0.25) is 5.91 Å². The van der Waals surface area contributed by atoms with Crippen LogP contribution < -0.4 is 5.32 Å². The third kappa shape index (κ3) is 3.12. The van der Waals surface area contributed by atoms with Gasteiger partial charge >= 0.3 is 5.97 Å². The second-order valence-corrected chi connectivity index (χ2v) is 4.82. The van der Waals surface area contributed by atoms with Gasteiger partial charge in [-0.05, 0) is 37.3 Å². The number of carboxylic acids is 1. The molecule has 1 amide bonds. The molecule has 0 atom stereocenters. The lowest BCUT2D eigenvalue weighted by molar-refractivity contribution is -0.144. The highest BCUT2D eigenvalue weighted by Gasteiger charge is 2.29. The van der Waals surface area contributed by atoms with Crippen LogP contribution in [0.2, 0.25) is 0 Å². The highest BCUT2D eigenvalue weighted by atomic mass is 16.4. The number of aromatic amines is 1. The van der Waals surface area contributed by atoms with Gasteiger partial charge in [0, 0.05) is 24.9 Å². The van der Waals surface area contributed by atoms with E-state index in [2.05, 4.69) is 10.3 Å². The van der Waals surface area contributed by atoms with Gasteiger partial charge in [-0.25, -0.2) is 0 Å². The zero-order chi connectivity index (χ0) is 13.0. The molecule has 0 saturated heterocycles. The minimum absolute atomic E-state index is 0.0282. The highest BCUT2D eigenvalue weighted by Crippen LogP contribution is 2.29. The van der Waals surface area contributed by atoms with Gasteiger partial charge in [-0.3, -0.25) is 9.59 Å². The number of rotatable bonds is 4. The molecule has 5 nitrogen and oxygen atoms in total. The molecule has 2 rings (SSSR count). The Labute approximate surface area is 106 Å². The van der Waals surface area contributed by atoms with Crippen molar-refractivity contribution in [1.29, 1.82) is 0 Å². The number of carbonyl (C=O) groups excluding carboxylic acids is 1. The molecule has 1 aliphatic rings. The van der Waals surface area contributed by atoms with E-state index >= 15 is 0 Å². The second-order valence-electron chi connectivity index (χ2n) is 4.82. The monoisotopic (exact) mass is 250 g/mol. The Bertz CT molecular complexity index is 406. The summed E-state index contributed by atoms with van der Waals surface area (Å²) in [6.45, 7) is 0.529. The predicted octanol–water partition coefficient (Wildman–Crippen LogP) is 1.52. The van der Waals surface area contributed by atoms with E-state index in [-0.39, 0.29) is 17.7 Å². The van der Waals surface area contributed by atoms with Crippen LogP contribution in [0.5, 0.6) is 0 Å². The first-order valence-corrected chi connectivity index (χ1v) is 6.29. The summed E-state index contributed by atoms with van der Waals surface area (Å²) in [5, 5.41) is 11.8. The average molecular weight is 250 g/mol. The smallest absolute Gasteiger partial charge is 0.306 e. The van der Waals surface area contributed by atoms with Crippen molar-refractivity contribution in [3.05, 3.63) is 24.0 Å². The molecule has 98 valence electrons. The van der Waals surface area contributed by atoms with Crippen LogP contribution in [-0.2, 0) is 16.1 Å². The van der Waals surface area contributed by atoms with Crippen molar-refractivity contribution >= 4 is 11.9 Å². The van der Waals surface area contributed by atoms with Crippen LogP contribution in [-0.4, -0.2) is 22.0 Å². The van der Waals surface area contributed by atoms with Gasteiger partial charge in [-0.1, -0.05) is 0 Å². The molecule has 0 aromatic carbocycles. The lowest BCUT2D eigenvalue weighted by atomic mass is 9.81. The number of carbonyl (C=O) groups is 2. The van der Waals surface area contributed by atoms with Gasteiger partial charge in [-0.15, -0.1) is 0 Å². The first-order valence-electron chi connectivity index (χ1n) is 6.29. The molecule has 0 aliphatic heterocycles. The maximum Gasteiger partial charge on any atom is 0.306 e. The minimum Gasteiger partial charge on any atom is -0.481 e. The standard InChI is InChI=1S/C13H18N2O3/c16-12(15-8-9-5-6-14-7-9)10-1-3-11(4-2-10)13(17)18/h5-7,10-11,14H,1-4,8H2,(H,15,16)(H,17,18). The summed E-state index contributed by atoms with van der Waals surface area (Å²) < 4.78 is 0. The van der Waals surface area contributed by atoms with E-state index < -0.39 is 5.97 Å². The molecule has 0 spiro atoms. The molecule has 0 unspecified atom stereocenters. The number of amides is 1. The molecule has 0 bridgehead atoms. The van der Waals surface area contributed by atoms with E-state index in [0.717, 1.165) is 5.56 Å². The largest absolute Gasteiger partial charge is 0.481 e. The Morgan fingerprint density at radius 3 is 2.50 bits per heavy atom. The minimum atomic E-state index is -0.735. The summed E-state index contributed by atoms with van der Waals surface area (Å²) in [7, 11) is 0. The lowest BCUT2D eigenvalue weighted by Gasteiger charge is -2.25. The molecule has 0 radical (unpaired) electrons. The zero-order valence-corrected chi connectivity index (χ0v) is 10.2. The van der Waals surface area contributed by atoms with Crippen LogP contribution >= 0.6 is 0 Å². The van der Waals surface area contributed by atoms with Crippen molar-refractivity contribution in [1.82, 2.24) is 10.3 Å². The summed E-state index contributed by atoms with van der Waals surface area (Å²) in [4.78, 5) is 25.6. The molecular formula is C13H18N2O3. The maximum atomic E-state index is 11.9. The fourth-order valence-electron chi connectivity index (χ4n) is 2.40. The second kappa shape index (κ2) is 5.71. The van der Waals surface area contributed by atoms with Crippen LogP contribution in [0.4, 0.5) is 0 Å². The number of nitrogens with one attached hydrogen (secondary N) is 2. The van der Waals surface area contributed by atoms with E-state index in [1.54, 1.807) is 0 Å². The van der Waals surface area contributed by atoms with Crippen molar-refractivity contribution in [2.75, 3.05) is 0 Å². The number of aromatic nitrogens is 1. The van der Waals surface area contributed by atoms with Gasteiger partial charge in [0.05, 0.1) is 5.92 Å². The number of H-pyrrole nitrogens is 1. The molecular weight excluding hydrogens is 232 g/mol. The van der Waals surface area contributed by atoms with Crippen LogP contribution in [0.1, 0.15) is 31.2 Å². The van der Waals surface area contributed by atoms with Crippen molar-refractivity contribution < 1.29 is 14.7 Å². The molecule has 1 aromatic rings. The van der Waals surface area contributed by atoms with E-state index in [1.165, 1.54) is 0 Å². The zero-order valence-electron chi connectivity index (χ0n) is 10.2. The normalized spacial score (nSPS) is 23.6. The number of aliphatic carboxylic acids is 1. The average Bonchev–Trinajstić information content (AvgIpc) is 2.89. The van der Waals surface area contributed by atoms with Gasteiger partial charge in [0.1, 0.15) is 0 Å². The van der Waals surface area contributed by atoms with E-state index in [0.29, 0.717) is 32.2 Å². The number of hydrogen-bond acceptors (Lipinski definition) is 2. The summed E-state index contributed by atoms with van der Waals surface area (Å²) >= 11 is 0. The molecule has 18 heavy (non-hydrogen) atoms. The Hall–Kier alpha value is -1.78. The van der Waals surface area contributed by atoms with Crippen LogP contribution in [0.3, 0.4) is 0 Å². The van der Waals surface area contributed by atoms with Crippen molar-refractivity contribution in [3.8, 4) is 0 Å². The molecule has 1 fully saturated rings. The van der Waals surface area contributed by atoms with Crippen molar-refractivity contribution in [3.63, 3.8) is 0 Å². The summed E-state index contributed by atoms with van der Waals surface area (Å²) in [6.07, 6.45) is 6.24. The molecule has 1 heterocycles. The van der Waals surface area contributed by atoms with E-state index in [9.17, 15) is 9.59 Å². The van der Waals surface area contributed by atoms with Crippen LogP contribution in [0, 0.1) is 11.8 Å². The van der Waals surface area contributed by atoms with Gasteiger partial charge in [-0.2, -0.15) is 0 Å². The molecule has 3 N–H and O–H groups in total. The summed E-state index contributed by atoms with van der Waals surface area (Å²) in [5.74, 6) is -0.987. The van der Waals surface area contributed by atoms with Crippen molar-refractivity contribution in [2.24, 2.45) is 11.8 Å². The van der Waals surface area contributed by atoms with Gasteiger partial charge in [0.15, 0.2) is 0 Å². The van der Waals surface area contributed by atoms with Crippen LogP contribution in [0.25, 0.3) is 0 Å². The molecule has 1 aromatic heterocycles. The quantitative estimate of drug-likeness (QED) is 0.757. The molecule has 1 aliphatic carbocycles. The fourth-order valence-corrected chi connectivity index (χ4v) is 2.40. The number of carboxylic acid groups (broad SMARTS) is 1.